The highest BCUT2D eigenvalue weighted by Crippen LogP contribution is 2.41. The highest BCUT2D eigenvalue weighted by molar-refractivity contribution is 5.57. The van der Waals surface area contributed by atoms with Gasteiger partial charge < -0.3 is 5.32 Å². The molecule has 4 heteroatoms. The van der Waals surface area contributed by atoms with E-state index in [-0.39, 0.29) is 5.82 Å². The predicted molar refractivity (Wildman–Crippen MR) is 72.3 cm³/mol. The number of anilines is 1. The van der Waals surface area contributed by atoms with Crippen molar-refractivity contribution in [3.05, 3.63) is 41.3 Å². The van der Waals surface area contributed by atoms with Crippen LogP contribution < -0.4 is 5.32 Å². The molecule has 2 aromatic rings. The summed E-state index contributed by atoms with van der Waals surface area (Å²) in [6.45, 7) is 0.980. The maximum atomic E-state index is 13.0. The molecule has 0 radical (unpaired) electrons. The van der Waals surface area contributed by atoms with E-state index in [1.807, 2.05) is 4.68 Å². The van der Waals surface area contributed by atoms with E-state index in [4.69, 9.17) is 5.10 Å². The van der Waals surface area contributed by atoms with Crippen molar-refractivity contribution in [2.75, 3.05) is 11.9 Å². The van der Waals surface area contributed by atoms with Gasteiger partial charge in [-0.3, -0.25) is 0 Å². The van der Waals surface area contributed by atoms with Crippen LogP contribution >= 0.6 is 0 Å². The molecule has 1 N–H and O–H groups in total. The molecule has 0 amide bonds. The Morgan fingerprint density at radius 1 is 1.21 bits per heavy atom. The summed E-state index contributed by atoms with van der Waals surface area (Å²) in [6.07, 6.45) is 4.89. The molecule has 0 atom stereocenters. The van der Waals surface area contributed by atoms with E-state index in [2.05, 4.69) is 5.32 Å². The van der Waals surface area contributed by atoms with Crippen LogP contribution in [0.3, 0.4) is 0 Å². The summed E-state index contributed by atoms with van der Waals surface area (Å²) >= 11 is 0. The zero-order valence-corrected chi connectivity index (χ0v) is 10.7. The number of nitrogens with zero attached hydrogens (tertiary/aromatic N) is 2. The Kier molecular flexibility index (Phi) is 2.37. The number of hydrogen-bond donors (Lipinski definition) is 1. The highest BCUT2D eigenvalue weighted by atomic mass is 19.1. The molecule has 1 aromatic heterocycles. The number of nitrogens with one attached hydrogen (secondary N) is 1. The van der Waals surface area contributed by atoms with E-state index in [1.165, 1.54) is 42.7 Å². The smallest absolute Gasteiger partial charge is 0.133 e. The number of halogens is 1. The van der Waals surface area contributed by atoms with Crippen LogP contribution in [0.2, 0.25) is 0 Å². The van der Waals surface area contributed by atoms with Crippen LogP contribution in [0.15, 0.2) is 24.3 Å². The Labute approximate surface area is 111 Å². The molecule has 1 fully saturated rings. The van der Waals surface area contributed by atoms with Gasteiger partial charge in [-0.05, 0) is 43.5 Å². The van der Waals surface area contributed by atoms with E-state index in [0.717, 1.165) is 24.5 Å². The number of hydrogen-bond acceptors (Lipinski definition) is 2. The molecule has 1 saturated carbocycles. The molecule has 1 aromatic carbocycles. The standard InChI is InChI=1S/C15H16FN3/c16-11-4-6-12(7-5-11)19-15-13(8-9-17-15)14(18-19)10-2-1-3-10/h4-7,10,17H,1-3,8-9H2. The Balaban J connectivity index is 1.81. The van der Waals surface area contributed by atoms with Crippen molar-refractivity contribution in [1.29, 1.82) is 0 Å². The van der Waals surface area contributed by atoms with Gasteiger partial charge >= 0.3 is 0 Å². The van der Waals surface area contributed by atoms with Crippen LogP contribution in [0, 0.1) is 5.82 Å². The van der Waals surface area contributed by atoms with Crippen molar-refractivity contribution in [3.8, 4) is 5.69 Å². The van der Waals surface area contributed by atoms with Gasteiger partial charge in [-0.2, -0.15) is 5.10 Å². The molecule has 2 heterocycles. The molecule has 2 aliphatic rings. The van der Waals surface area contributed by atoms with E-state index in [0.29, 0.717) is 5.92 Å². The third-order valence-corrected chi connectivity index (χ3v) is 4.25. The summed E-state index contributed by atoms with van der Waals surface area (Å²) in [4.78, 5) is 0. The van der Waals surface area contributed by atoms with Crippen LogP contribution in [0.4, 0.5) is 10.2 Å². The van der Waals surface area contributed by atoms with Crippen molar-refractivity contribution in [2.45, 2.75) is 31.6 Å². The average molecular weight is 257 g/mol. The lowest BCUT2D eigenvalue weighted by Crippen LogP contribution is -2.12. The maximum absolute atomic E-state index is 13.0. The van der Waals surface area contributed by atoms with Crippen molar-refractivity contribution in [2.24, 2.45) is 0 Å². The van der Waals surface area contributed by atoms with E-state index < -0.39 is 0 Å². The molecule has 3 nitrogen and oxygen atoms in total. The van der Waals surface area contributed by atoms with Gasteiger partial charge in [-0.25, -0.2) is 9.07 Å². The minimum absolute atomic E-state index is 0.209. The first-order chi connectivity index (χ1) is 9.33. The van der Waals surface area contributed by atoms with Gasteiger partial charge in [-0.15, -0.1) is 0 Å². The molecule has 0 saturated heterocycles. The minimum atomic E-state index is -0.209. The van der Waals surface area contributed by atoms with Gasteiger partial charge in [-0.1, -0.05) is 6.42 Å². The molecule has 0 bridgehead atoms. The molecular formula is C15H16FN3. The normalized spacial score (nSPS) is 17.9. The maximum Gasteiger partial charge on any atom is 0.133 e. The van der Waals surface area contributed by atoms with Gasteiger partial charge in [0.2, 0.25) is 0 Å². The monoisotopic (exact) mass is 257 g/mol. The summed E-state index contributed by atoms with van der Waals surface area (Å²) in [6, 6.07) is 6.54. The summed E-state index contributed by atoms with van der Waals surface area (Å²) in [5.74, 6) is 1.53. The topological polar surface area (TPSA) is 29.9 Å². The average Bonchev–Trinajstić information content (AvgIpc) is 2.92. The van der Waals surface area contributed by atoms with Gasteiger partial charge in [0, 0.05) is 18.0 Å². The van der Waals surface area contributed by atoms with Crippen molar-refractivity contribution < 1.29 is 4.39 Å². The molecule has 4 rings (SSSR count). The fourth-order valence-corrected chi connectivity index (χ4v) is 2.98. The molecule has 0 unspecified atom stereocenters. The molecule has 0 spiro atoms. The minimum Gasteiger partial charge on any atom is -0.369 e. The summed E-state index contributed by atoms with van der Waals surface area (Å²) < 4.78 is 15.0. The fourth-order valence-electron chi connectivity index (χ4n) is 2.98. The van der Waals surface area contributed by atoms with E-state index in [1.54, 1.807) is 12.1 Å². The van der Waals surface area contributed by atoms with Crippen LogP contribution in [0.5, 0.6) is 0 Å². The second kappa shape index (κ2) is 4.08. The lowest BCUT2D eigenvalue weighted by atomic mass is 9.81. The Morgan fingerprint density at radius 2 is 2.00 bits per heavy atom. The Morgan fingerprint density at radius 3 is 2.68 bits per heavy atom. The summed E-state index contributed by atoms with van der Waals surface area (Å²) in [5.41, 5.74) is 3.56. The molecule has 98 valence electrons. The number of aromatic nitrogens is 2. The van der Waals surface area contributed by atoms with Gasteiger partial charge in [0.1, 0.15) is 11.6 Å². The van der Waals surface area contributed by atoms with Crippen molar-refractivity contribution >= 4 is 5.82 Å². The number of benzene rings is 1. The van der Waals surface area contributed by atoms with Gasteiger partial charge in [0.05, 0.1) is 11.4 Å². The van der Waals surface area contributed by atoms with Crippen LogP contribution in [-0.2, 0) is 6.42 Å². The van der Waals surface area contributed by atoms with Crippen molar-refractivity contribution in [1.82, 2.24) is 9.78 Å². The molecule has 19 heavy (non-hydrogen) atoms. The SMILES string of the molecule is Fc1ccc(-n2nc(C3CCC3)c3c2NCC3)cc1. The second-order valence-electron chi connectivity index (χ2n) is 5.41. The second-order valence-corrected chi connectivity index (χ2v) is 5.41. The van der Waals surface area contributed by atoms with Crippen LogP contribution in [-0.4, -0.2) is 16.3 Å². The fraction of sp³-hybridized carbons (Fsp3) is 0.400. The molecule has 1 aliphatic heterocycles. The summed E-state index contributed by atoms with van der Waals surface area (Å²) in [5, 5.41) is 8.20. The largest absolute Gasteiger partial charge is 0.369 e. The third kappa shape index (κ3) is 1.66. The zero-order chi connectivity index (χ0) is 12.8. The first kappa shape index (κ1) is 11.0. The lowest BCUT2D eigenvalue weighted by Gasteiger charge is -2.24. The highest BCUT2D eigenvalue weighted by Gasteiger charge is 2.30. The predicted octanol–water partition coefficient (Wildman–Crippen LogP) is 3.25. The van der Waals surface area contributed by atoms with Crippen molar-refractivity contribution in [3.63, 3.8) is 0 Å². The molecular weight excluding hydrogens is 241 g/mol. The lowest BCUT2D eigenvalue weighted by molar-refractivity contribution is 0.407. The first-order valence-electron chi connectivity index (χ1n) is 6.94. The zero-order valence-electron chi connectivity index (χ0n) is 10.7. The molecule has 1 aliphatic carbocycles. The third-order valence-electron chi connectivity index (χ3n) is 4.25. The quantitative estimate of drug-likeness (QED) is 0.895. The van der Waals surface area contributed by atoms with Crippen LogP contribution in [0.25, 0.3) is 5.69 Å². The number of fused-ring (bicyclic) bond motifs is 1. The van der Waals surface area contributed by atoms with Crippen LogP contribution in [0.1, 0.15) is 36.4 Å². The Hall–Kier alpha value is -1.84. The summed E-state index contributed by atoms with van der Waals surface area (Å²) in [7, 11) is 0. The Bertz CT molecular complexity index is 611. The number of rotatable bonds is 2. The van der Waals surface area contributed by atoms with E-state index in [9.17, 15) is 4.39 Å². The van der Waals surface area contributed by atoms with E-state index >= 15 is 0 Å². The van der Waals surface area contributed by atoms with Gasteiger partial charge in [0.15, 0.2) is 0 Å². The first-order valence-corrected chi connectivity index (χ1v) is 6.94. The van der Waals surface area contributed by atoms with Gasteiger partial charge in [0.25, 0.3) is 0 Å².